The molecule has 0 aliphatic rings. The molecule has 0 atom stereocenters. The van der Waals surface area contributed by atoms with Crippen molar-refractivity contribution in [3.05, 3.63) is 41.8 Å². The highest BCUT2D eigenvalue weighted by molar-refractivity contribution is 8.00. The van der Waals surface area contributed by atoms with E-state index in [0.29, 0.717) is 5.89 Å². The summed E-state index contributed by atoms with van der Waals surface area (Å²) in [6.45, 7) is 1.94. The summed E-state index contributed by atoms with van der Waals surface area (Å²) in [5.41, 5.74) is 1.94. The van der Waals surface area contributed by atoms with Gasteiger partial charge in [-0.15, -0.1) is 10.2 Å². The first kappa shape index (κ1) is 14.1. The lowest BCUT2D eigenvalue weighted by atomic mass is 10.2. The van der Waals surface area contributed by atoms with Crippen LogP contribution in [0.5, 0.6) is 0 Å². The van der Waals surface area contributed by atoms with Crippen LogP contribution in [0.4, 0.5) is 5.13 Å². The molecule has 2 aromatic heterocycles. The van der Waals surface area contributed by atoms with Crippen molar-refractivity contribution >= 4 is 28.2 Å². The highest BCUT2D eigenvalue weighted by Gasteiger charge is 2.12. The molecular formula is C14H14N4OS2. The third-order valence-electron chi connectivity index (χ3n) is 2.87. The molecule has 1 aromatic carbocycles. The van der Waals surface area contributed by atoms with Crippen LogP contribution in [0, 0.1) is 6.92 Å². The maximum Gasteiger partial charge on any atom is 0.226 e. The van der Waals surface area contributed by atoms with Gasteiger partial charge in [0.1, 0.15) is 5.76 Å². The van der Waals surface area contributed by atoms with Crippen molar-refractivity contribution in [2.45, 2.75) is 17.0 Å². The topological polar surface area (TPSA) is 63.8 Å². The third-order valence-corrected chi connectivity index (χ3v) is 4.95. The van der Waals surface area contributed by atoms with E-state index >= 15 is 0 Å². The van der Waals surface area contributed by atoms with Crippen molar-refractivity contribution in [1.82, 2.24) is 15.2 Å². The molecule has 0 saturated heterocycles. The molecule has 21 heavy (non-hydrogen) atoms. The Morgan fingerprint density at radius 2 is 2.05 bits per heavy atom. The van der Waals surface area contributed by atoms with E-state index in [1.54, 1.807) is 11.8 Å². The van der Waals surface area contributed by atoms with E-state index in [4.69, 9.17) is 4.42 Å². The van der Waals surface area contributed by atoms with Crippen molar-refractivity contribution in [2.75, 3.05) is 12.4 Å². The zero-order chi connectivity index (χ0) is 14.7. The van der Waals surface area contributed by atoms with E-state index in [2.05, 4.69) is 20.5 Å². The highest BCUT2D eigenvalue weighted by Crippen LogP contribution is 2.30. The Hall–Kier alpha value is -1.86. The number of aryl methyl sites for hydroxylation is 1. The van der Waals surface area contributed by atoms with Gasteiger partial charge in [0.2, 0.25) is 11.0 Å². The number of oxazole rings is 1. The molecule has 0 saturated carbocycles. The van der Waals surface area contributed by atoms with Gasteiger partial charge >= 0.3 is 0 Å². The van der Waals surface area contributed by atoms with Gasteiger partial charge < -0.3 is 9.73 Å². The lowest BCUT2D eigenvalue weighted by Crippen LogP contribution is -1.85. The Morgan fingerprint density at radius 3 is 2.76 bits per heavy atom. The average molecular weight is 318 g/mol. The molecule has 0 spiro atoms. The van der Waals surface area contributed by atoms with E-state index in [9.17, 15) is 0 Å². The van der Waals surface area contributed by atoms with Gasteiger partial charge in [-0.2, -0.15) is 0 Å². The Balaban J connectivity index is 1.73. The first-order chi connectivity index (χ1) is 10.3. The summed E-state index contributed by atoms with van der Waals surface area (Å²) in [7, 11) is 1.84. The molecule has 0 unspecified atom stereocenters. The fourth-order valence-corrected chi connectivity index (χ4v) is 3.47. The number of rotatable bonds is 5. The highest BCUT2D eigenvalue weighted by atomic mass is 32.2. The molecule has 108 valence electrons. The number of anilines is 1. The maximum absolute atomic E-state index is 5.75. The molecule has 0 aliphatic heterocycles. The number of hydrogen-bond donors (Lipinski definition) is 1. The molecule has 0 radical (unpaired) electrons. The van der Waals surface area contributed by atoms with E-state index in [1.807, 2.05) is 44.3 Å². The summed E-state index contributed by atoms with van der Waals surface area (Å²) < 4.78 is 6.67. The second-order valence-electron chi connectivity index (χ2n) is 4.30. The van der Waals surface area contributed by atoms with Gasteiger partial charge in [-0.25, -0.2) is 4.98 Å². The summed E-state index contributed by atoms with van der Waals surface area (Å²) in [4.78, 5) is 4.58. The van der Waals surface area contributed by atoms with Crippen molar-refractivity contribution < 1.29 is 4.42 Å². The van der Waals surface area contributed by atoms with Gasteiger partial charge in [-0.05, 0) is 19.1 Å². The van der Waals surface area contributed by atoms with Crippen LogP contribution in [-0.2, 0) is 5.75 Å². The predicted molar refractivity (Wildman–Crippen MR) is 85.7 cm³/mol. The molecule has 0 amide bonds. The first-order valence-electron chi connectivity index (χ1n) is 6.42. The lowest BCUT2D eigenvalue weighted by molar-refractivity contribution is 0.540. The largest absolute Gasteiger partial charge is 0.441 e. The summed E-state index contributed by atoms with van der Waals surface area (Å²) in [6.07, 6.45) is 0. The Bertz CT molecular complexity index is 724. The lowest BCUT2D eigenvalue weighted by Gasteiger charge is -1.93. The molecule has 3 rings (SSSR count). The Morgan fingerprint density at radius 1 is 1.24 bits per heavy atom. The molecule has 7 heteroatoms. The van der Waals surface area contributed by atoms with Crippen molar-refractivity contribution in [3.63, 3.8) is 0 Å². The predicted octanol–water partition coefficient (Wildman–Crippen LogP) is 3.84. The van der Waals surface area contributed by atoms with Gasteiger partial charge in [0.05, 0.1) is 5.69 Å². The molecular weight excluding hydrogens is 304 g/mol. The molecule has 5 nitrogen and oxygen atoms in total. The number of thioether (sulfide) groups is 1. The molecule has 3 aromatic rings. The molecule has 2 heterocycles. The molecule has 0 bridgehead atoms. The molecule has 0 aliphatic carbocycles. The van der Waals surface area contributed by atoms with Crippen LogP contribution in [0.25, 0.3) is 11.5 Å². The van der Waals surface area contributed by atoms with E-state index in [-0.39, 0.29) is 0 Å². The average Bonchev–Trinajstić information content (AvgIpc) is 3.12. The van der Waals surface area contributed by atoms with Gasteiger partial charge in [0.25, 0.3) is 0 Å². The third kappa shape index (κ3) is 3.25. The Labute approximate surface area is 130 Å². The fourth-order valence-electron chi connectivity index (χ4n) is 1.77. The minimum absolute atomic E-state index is 0.664. The summed E-state index contributed by atoms with van der Waals surface area (Å²) in [5, 5.41) is 11.9. The second-order valence-corrected chi connectivity index (χ2v) is 6.50. The summed E-state index contributed by atoms with van der Waals surface area (Å²) >= 11 is 3.15. The number of hydrogen-bond acceptors (Lipinski definition) is 7. The van der Waals surface area contributed by atoms with E-state index in [0.717, 1.165) is 32.2 Å². The fraction of sp³-hybridized carbons (Fsp3) is 0.214. The molecule has 1 N–H and O–H groups in total. The number of benzene rings is 1. The number of aromatic nitrogens is 3. The summed E-state index contributed by atoms with van der Waals surface area (Å²) in [5.74, 6) is 2.23. The van der Waals surface area contributed by atoms with Crippen LogP contribution < -0.4 is 5.32 Å². The number of nitrogens with one attached hydrogen (secondary N) is 1. The van der Waals surface area contributed by atoms with Crippen LogP contribution in [0.15, 0.2) is 39.1 Å². The van der Waals surface area contributed by atoms with Crippen molar-refractivity contribution in [3.8, 4) is 11.5 Å². The second kappa shape index (κ2) is 6.28. The van der Waals surface area contributed by atoms with Crippen LogP contribution >= 0.6 is 23.1 Å². The zero-order valence-corrected chi connectivity index (χ0v) is 13.3. The minimum atomic E-state index is 0.664. The first-order valence-corrected chi connectivity index (χ1v) is 8.22. The van der Waals surface area contributed by atoms with Gasteiger partial charge in [0.15, 0.2) is 4.34 Å². The Kier molecular flexibility index (Phi) is 4.21. The maximum atomic E-state index is 5.75. The SMILES string of the molecule is CNc1nnc(SCc2nc(-c3ccccc3)oc2C)s1. The van der Waals surface area contributed by atoms with Gasteiger partial charge in [0, 0.05) is 18.4 Å². The van der Waals surface area contributed by atoms with Crippen LogP contribution in [0.2, 0.25) is 0 Å². The van der Waals surface area contributed by atoms with Crippen molar-refractivity contribution in [1.29, 1.82) is 0 Å². The van der Waals surface area contributed by atoms with Gasteiger partial charge in [-0.3, -0.25) is 0 Å². The van der Waals surface area contributed by atoms with Crippen LogP contribution in [0.3, 0.4) is 0 Å². The standard InChI is InChI=1S/C14H14N4OS2/c1-9-11(8-20-14-18-17-13(15-2)21-14)16-12(19-9)10-6-4-3-5-7-10/h3-7H,8H2,1-2H3,(H,15,17). The van der Waals surface area contributed by atoms with Crippen LogP contribution in [-0.4, -0.2) is 22.2 Å². The van der Waals surface area contributed by atoms with E-state index < -0.39 is 0 Å². The number of nitrogens with zero attached hydrogens (tertiary/aromatic N) is 3. The zero-order valence-electron chi connectivity index (χ0n) is 11.7. The summed E-state index contributed by atoms with van der Waals surface area (Å²) in [6, 6.07) is 9.91. The molecule has 0 fully saturated rings. The smallest absolute Gasteiger partial charge is 0.226 e. The van der Waals surface area contributed by atoms with Crippen LogP contribution in [0.1, 0.15) is 11.5 Å². The van der Waals surface area contributed by atoms with Gasteiger partial charge in [-0.1, -0.05) is 41.3 Å². The normalized spacial score (nSPS) is 10.8. The minimum Gasteiger partial charge on any atom is -0.441 e. The quantitative estimate of drug-likeness (QED) is 0.721. The van der Waals surface area contributed by atoms with E-state index in [1.165, 1.54) is 11.3 Å². The monoisotopic (exact) mass is 318 g/mol. The van der Waals surface area contributed by atoms with Crippen molar-refractivity contribution in [2.24, 2.45) is 0 Å².